The highest BCUT2D eigenvalue weighted by Gasteiger charge is 2.25. The normalized spacial score (nSPS) is 25.9. The quantitative estimate of drug-likeness (QED) is 0.840. The summed E-state index contributed by atoms with van der Waals surface area (Å²) in [6, 6.07) is 0. The number of aromatic nitrogens is 1. The molecule has 0 saturated carbocycles. The molecule has 0 aromatic carbocycles. The average molecular weight is 267 g/mol. The Hall–Kier alpha value is -0.650. The molecule has 0 amide bonds. The highest BCUT2D eigenvalue weighted by atomic mass is 32.1. The molecule has 0 bridgehead atoms. The predicted octanol–water partition coefficient (Wildman–Crippen LogP) is 1.65. The van der Waals surface area contributed by atoms with Gasteiger partial charge in [-0.25, -0.2) is 4.98 Å². The zero-order valence-corrected chi connectivity index (χ0v) is 11.7. The van der Waals surface area contributed by atoms with Crippen LogP contribution in [0.5, 0.6) is 0 Å². The largest absolute Gasteiger partial charge is 0.388 e. The summed E-state index contributed by atoms with van der Waals surface area (Å²) in [6.45, 7) is 4.42. The fraction of sp³-hybridized carbons (Fsp3) is 0.769. The van der Waals surface area contributed by atoms with Crippen LogP contribution in [0, 0.1) is 0 Å². The van der Waals surface area contributed by atoms with Crippen LogP contribution in [-0.4, -0.2) is 48.2 Å². The summed E-state index contributed by atoms with van der Waals surface area (Å²) in [5, 5.41) is 11.1. The molecule has 4 nitrogen and oxygen atoms in total. The van der Waals surface area contributed by atoms with E-state index in [1.54, 1.807) is 11.3 Å². The summed E-state index contributed by atoms with van der Waals surface area (Å²) in [5.41, 5.74) is 1.14. The molecule has 2 heterocycles. The van der Waals surface area contributed by atoms with Gasteiger partial charge in [0.25, 0.3) is 0 Å². The third-order valence-corrected chi connectivity index (χ3v) is 5.16. The highest BCUT2D eigenvalue weighted by Crippen LogP contribution is 2.37. The van der Waals surface area contributed by atoms with Crippen molar-refractivity contribution in [2.24, 2.45) is 0 Å². The lowest BCUT2D eigenvalue weighted by Gasteiger charge is -2.19. The van der Waals surface area contributed by atoms with Gasteiger partial charge in [-0.3, -0.25) is 0 Å². The Morgan fingerprint density at radius 3 is 2.94 bits per heavy atom. The van der Waals surface area contributed by atoms with Gasteiger partial charge in [0.05, 0.1) is 16.7 Å². The molecule has 1 aliphatic heterocycles. The van der Waals surface area contributed by atoms with Crippen molar-refractivity contribution in [3.8, 4) is 0 Å². The molecule has 1 saturated heterocycles. The number of aryl methyl sites for hydroxylation is 1. The van der Waals surface area contributed by atoms with Crippen LogP contribution in [0.3, 0.4) is 0 Å². The van der Waals surface area contributed by atoms with Crippen LogP contribution < -0.4 is 4.90 Å². The molecule has 1 N–H and O–H groups in total. The minimum absolute atomic E-state index is 0.269. The second-order valence-electron chi connectivity index (χ2n) is 5.36. The molecule has 1 aromatic heterocycles. The minimum atomic E-state index is -0.269. The Bertz CT molecular complexity index is 420. The summed E-state index contributed by atoms with van der Waals surface area (Å²) < 4.78 is 0. The van der Waals surface area contributed by atoms with Gasteiger partial charge in [0, 0.05) is 19.6 Å². The molecule has 0 radical (unpaired) electrons. The lowest BCUT2D eigenvalue weighted by atomic mass is 10.0. The number of likely N-dealkylation sites (N-methyl/N-ethyl adjacent to an activating group) is 1. The maximum atomic E-state index is 10.0. The zero-order chi connectivity index (χ0) is 12.5. The van der Waals surface area contributed by atoms with Crippen molar-refractivity contribution in [2.45, 2.75) is 31.8 Å². The predicted molar refractivity (Wildman–Crippen MR) is 74.3 cm³/mol. The van der Waals surface area contributed by atoms with Gasteiger partial charge in [0.15, 0.2) is 5.13 Å². The van der Waals surface area contributed by atoms with Gasteiger partial charge in [-0.05, 0) is 39.3 Å². The number of hydrogen-bond donors (Lipinski definition) is 1. The number of rotatable bonds is 1. The molecule has 3 rings (SSSR count). The van der Waals surface area contributed by atoms with E-state index in [4.69, 9.17) is 4.98 Å². The summed E-state index contributed by atoms with van der Waals surface area (Å²) in [6.07, 6.45) is 3.94. The van der Waals surface area contributed by atoms with Crippen molar-refractivity contribution in [1.82, 2.24) is 9.88 Å². The van der Waals surface area contributed by atoms with Crippen LogP contribution >= 0.6 is 11.3 Å². The van der Waals surface area contributed by atoms with Crippen LogP contribution in [0.15, 0.2) is 0 Å². The van der Waals surface area contributed by atoms with E-state index in [-0.39, 0.29) is 6.10 Å². The second-order valence-corrected chi connectivity index (χ2v) is 6.37. The topological polar surface area (TPSA) is 39.6 Å². The number of fused-ring (bicyclic) bond motifs is 1. The zero-order valence-electron chi connectivity index (χ0n) is 10.9. The Morgan fingerprint density at radius 2 is 2.11 bits per heavy atom. The van der Waals surface area contributed by atoms with Gasteiger partial charge in [0.2, 0.25) is 0 Å². The van der Waals surface area contributed by atoms with Gasteiger partial charge >= 0.3 is 0 Å². The second kappa shape index (κ2) is 5.15. The summed E-state index contributed by atoms with van der Waals surface area (Å²) in [5.74, 6) is 0. The maximum Gasteiger partial charge on any atom is 0.185 e. The Balaban J connectivity index is 1.79. The number of thiazole rings is 1. The Morgan fingerprint density at radius 1 is 1.22 bits per heavy atom. The van der Waals surface area contributed by atoms with Crippen LogP contribution in [0.2, 0.25) is 0 Å². The van der Waals surface area contributed by atoms with Crippen molar-refractivity contribution in [1.29, 1.82) is 0 Å². The maximum absolute atomic E-state index is 10.0. The lowest BCUT2D eigenvalue weighted by molar-refractivity contribution is 0.160. The molecule has 1 fully saturated rings. The van der Waals surface area contributed by atoms with Crippen molar-refractivity contribution in [2.75, 3.05) is 38.1 Å². The van der Waals surface area contributed by atoms with Crippen LogP contribution in [0.4, 0.5) is 5.13 Å². The van der Waals surface area contributed by atoms with E-state index < -0.39 is 0 Å². The highest BCUT2D eigenvalue weighted by molar-refractivity contribution is 7.15. The smallest absolute Gasteiger partial charge is 0.185 e. The monoisotopic (exact) mass is 267 g/mol. The van der Waals surface area contributed by atoms with Gasteiger partial charge in [-0.15, -0.1) is 0 Å². The molecule has 100 valence electrons. The van der Waals surface area contributed by atoms with E-state index in [0.29, 0.717) is 0 Å². The first-order valence-electron chi connectivity index (χ1n) is 6.85. The lowest BCUT2D eigenvalue weighted by Crippen LogP contribution is -2.28. The molecular formula is C13H21N3OS. The first-order valence-corrected chi connectivity index (χ1v) is 7.67. The molecule has 1 aliphatic carbocycles. The summed E-state index contributed by atoms with van der Waals surface area (Å²) in [7, 11) is 2.18. The molecule has 1 unspecified atom stereocenters. The molecule has 0 spiro atoms. The molecule has 5 heteroatoms. The summed E-state index contributed by atoms with van der Waals surface area (Å²) in [4.78, 5) is 10.6. The van der Waals surface area contributed by atoms with Gasteiger partial charge in [0.1, 0.15) is 0 Å². The van der Waals surface area contributed by atoms with Crippen molar-refractivity contribution in [3.05, 3.63) is 10.6 Å². The van der Waals surface area contributed by atoms with E-state index in [1.807, 2.05) is 0 Å². The van der Waals surface area contributed by atoms with Crippen LogP contribution in [-0.2, 0) is 6.42 Å². The van der Waals surface area contributed by atoms with E-state index >= 15 is 0 Å². The van der Waals surface area contributed by atoms with Crippen molar-refractivity contribution < 1.29 is 5.11 Å². The first kappa shape index (κ1) is 12.4. The Kier molecular flexibility index (Phi) is 3.54. The SMILES string of the molecule is CN1CCCN(c2nc3c(s2)C(O)CCC3)CC1. The van der Waals surface area contributed by atoms with Crippen molar-refractivity contribution in [3.63, 3.8) is 0 Å². The fourth-order valence-electron chi connectivity index (χ4n) is 2.76. The van der Waals surface area contributed by atoms with E-state index in [9.17, 15) is 5.11 Å². The molecule has 2 aliphatic rings. The van der Waals surface area contributed by atoms with Crippen LogP contribution in [0.1, 0.15) is 35.9 Å². The van der Waals surface area contributed by atoms with E-state index in [2.05, 4.69) is 16.8 Å². The third kappa shape index (κ3) is 2.39. The fourth-order valence-corrected chi connectivity index (χ4v) is 3.94. The van der Waals surface area contributed by atoms with Gasteiger partial charge in [-0.1, -0.05) is 11.3 Å². The number of nitrogens with zero attached hydrogens (tertiary/aromatic N) is 3. The first-order chi connectivity index (χ1) is 8.74. The standard InChI is InChI=1S/C13H21N3OS/c1-15-6-3-7-16(9-8-15)13-14-10-4-2-5-11(17)12(10)18-13/h11,17H,2-9H2,1H3. The van der Waals surface area contributed by atoms with Crippen molar-refractivity contribution >= 4 is 16.5 Å². The number of hydrogen-bond acceptors (Lipinski definition) is 5. The molecule has 1 atom stereocenters. The third-order valence-electron chi connectivity index (χ3n) is 3.90. The number of aliphatic hydroxyl groups is 1. The average Bonchev–Trinajstić information content (AvgIpc) is 2.67. The van der Waals surface area contributed by atoms with Crippen LogP contribution in [0.25, 0.3) is 0 Å². The number of aliphatic hydroxyl groups excluding tert-OH is 1. The molecule has 1 aromatic rings. The van der Waals surface area contributed by atoms with Gasteiger partial charge < -0.3 is 14.9 Å². The minimum Gasteiger partial charge on any atom is -0.388 e. The molecular weight excluding hydrogens is 246 g/mol. The molecule has 18 heavy (non-hydrogen) atoms. The summed E-state index contributed by atoms with van der Waals surface area (Å²) >= 11 is 1.71. The number of anilines is 1. The van der Waals surface area contributed by atoms with E-state index in [1.165, 1.54) is 13.0 Å². The Labute approximate surface area is 112 Å². The van der Waals surface area contributed by atoms with E-state index in [0.717, 1.165) is 54.6 Å². The van der Waals surface area contributed by atoms with Gasteiger partial charge in [-0.2, -0.15) is 0 Å².